The minimum absolute atomic E-state index is 0.0573. The van der Waals surface area contributed by atoms with Gasteiger partial charge < -0.3 is 9.64 Å². The van der Waals surface area contributed by atoms with Crippen molar-refractivity contribution in [3.05, 3.63) is 28.8 Å². The average Bonchev–Trinajstić information content (AvgIpc) is 2.38. The molecule has 0 fully saturated rings. The van der Waals surface area contributed by atoms with Crippen LogP contribution in [0.3, 0.4) is 0 Å². The van der Waals surface area contributed by atoms with E-state index in [2.05, 4.69) is 19.9 Å². The van der Waals surface area contributed by atoms with E-state index >= 15 is 0 Å². The third-order valence-corrected chi connectivity index (χ3v) is 3.49. The summed E-state index contributed by atoms with van der Waals surface area (Å²) in [6, 6.07) is 4.06. The first-order valence-electron chi connectivity index (χ1n) is 6.94. The molecule has 0 aliphatic carbocycles. The first kappa shape index (κ1) is 15.5. The van der Waals surface area contributed by atoms with Crippen LogP contribution in [-0.4, -0.2) is 31.0 Å². The summed E-state index contributed by atoms with van der Waals surface area (Å²) in [5.41, 5.74) is 2.76. The van der Waals surface area contributed by atoms with E-state index in [0.29, 0.717) is 24.6 Å². The minimum Gasteiger partial charge on any atom is -0.496 e. The van der Waals surface area contributed by atoms with Gasteiger partial charge >= 0.3 is 0 Å². The molecule has 1 aromatic carbocycles. The Labute approximate surface area is 116 Å². The maximum absolute atomic E-state index is 12.6. The van der Waals surface area contributed by atoms with Crippen molar-refractivity contribution >= 4 is 5.91 Å². The average molecular weight is 263 g/mol. The van der Waals surface area contributed by atoms with Gasteiger partial charge in [-0.15, -0.1) is 0 Å². The topological polar surface area (TPSA) is 29.5 Å². The molecular formula is C16H25NO2. The second-order valence-electron chi connectivity index (χ2n) is 5.01. The standard InChI is InChI=1S/C16H25NO2/c1-7-17(8-2)16(18)14-12(5)9-10-13(11(3)4)15(14)19-6/h9-11H,7-8H2,1-6H3. The van der Waals surface area contributed by atoms with Gasteiger partial charge in [-0.25, -0.2) is 0 Å². The minimum atomic E-state index is 0.0573. The van der Waals surface area contributed by atoms with Crippen molar-refractivity contribution in [1.82, 2.24) is 4.90 Å². The summed E-state index contributed by atoms with van der Waals surface area (Å²) < 4.78 is 5.53. The van der Waals surface area contributed by atoms with Crippen LogP contribution in [0.1, 0.15) is 55.1 Å². The molecule has 0 heterocycles. The van der Waals surface area contributed by atoms with Gasteiger partial charge in [0.15, 0.2) is 0 Å². The number of hydrogen-bond donors (Lipinski definition) is 0. The van der Waals surface area contributed by atoms with Crippen molar-refractivity contribution in [1.29, 1.82) is 0 Å². The van der Waals surface area contributed by atoms with E-state index in [9.17, 15) is 4.79 Å². The van der Waals surface area contributed by atoms with Crippen molar-refractivity contribution in [2.45, 2.75) is 40.5 Å². The number of aryl methyl sites for hydroxylation is 1. The fraction of sp³-hybridized carbons (Fsp3) is 0.562. The molecule has 19 heavy (non-hydrogen) atoms. The number of methoxy groups -OCH3 is 1. The zero-order chi connectivity index (χ0) is 14.6. The molecule has 1 rings (SSSR count). The summed E-state index contributed by atoms with van der Waals surface area (Å²) in [5.74, 6) is 1.12. The van der Waals surface area contributed by atoms with Crippen LogP contribution in [0.15, 0.2) is 12.1 Å². The molecule has 0 saturated carbocycles. The Morgan fingerprint density at radius 2 is 1.84 bits per heavy atom. The molecule has 0 aliphatic rings. The van der Waals surface area contributed by atoms with Crippen molar-refractivity contribution in [2.75, 3.05) is 20.2 Å². The van der Waals surface area contributed by atoms with Gasteiger partial charge in [0.1, 0.15) is 5.75 Å². The number of amides is 1. The van der Waals surface area contributed by atoms with Crippen LogP contribution in [0.5, 0.6) is 5.75 Å². The number of rotatable bonds is 5. The second kappa shape index (κ2) is 6.60. The SMILES string of the molecule is CCN(CC)C(=O)c1c(C)ccc(C(C)C)c1OC. The number of benzene rings is 1. The van der Waals surface area contributed by atoms with Crippen LogP contribution in [0, 0.1) is 6.92 Å². The summed E-state index contributed by atoms with van der Waals surface area (Å²) >= 11 is 0. The first-order valence-corrected chi connectivity index (χ1v) is 6.94. The van der Waals surface area contributed by atoms with Crippen LogP contribution in [0.4, 0.5) is 0 Å². The summed E-state index contributed by atoms with van der Waals surface area (Å²) in [5, 5.41) is 0. The van der Waals surface area contributed by atoms with Crippen molar-refractivity contribution in [2.24, 2.45) is 0 Å². The van der Waals surface area contributed by atoms with E-state index in [1.165, 1.54) is 0 Å². The second-order valence-corrected chi connectivity index (χ2v) is 5.01. The number of carbonyl (C=O) groups excluding carboxylic acids is 1. The van der Waals surface area contributed by atoms with Crippen LogP contribution in [-0.2, 0) is 0 Å². The number of ether oxygens (including phenoxy) is 1. The van der Waals surface area contributed by atoms with E-state index in [1.54, 1.807) is 7.11 Å². The molecular weight excluding hydrogens is 238 g/mol. The van der Waals surface area contributed by atoms with Gasteiger partial charge in [-0.3, -0.25) is 4.79 Å². The van der Waals surface area contributed by atoms with Gasteiger partial charge in [0.05, 0.1) is 12.7 Å². The van der Waals surface area contributed by atoms with Gasteiger partial charge in [0.2, 0.25) is 0 Å². The maximum Gasteiger partial charge on any atom is 0.257 e. The van der Waals surface area contributed by atoms with Crippen LogP contribution in [0.25, 0.3) is 0 Å². The van der Waals surface area contributed by atoms with E-state index < -0.39 is 0 Å². The molecule has 0 radical (unpaired) electrons. The molecule has 0 atom stereocenters. The Bertz CT molecular complexity index is 448. The summed E-state index contributed by atoms with van der Waals surface area (Å²) in [4.78, 5) is 14.5. The van der Waals surface area contributed by atoms with Crippen LogP contribution >= 0.6 is 0 Å². The summed E-state index contributed by atoms with van der Waals surface area (Å²) in [6.45, 7) is 11.6. The molecule has 0 aliphatic heterocycles. The third-order valence-electron chi connectivity index (χ3n) is 3.49. The third kappa shape index (κ3) is 3.09. The molecule has 0 aromatic heterocycles. The first-order chi connectivity index (χ1) is 8.97. The lowest BCUT2D eigenvalue weighted by atomic mass is 9.95. The molecule has 106 valence electrons. The molecule has 3 nitrogen and oxygen atoms in total. The van der Waals surface area contributed by atoms with E-state index in [4.69, 9.17) is 4.74 Å². The molecule has 0 unspecified atom stereocenters. The van der Waals surface area contributed by atoms with Crippen molar-refractivity contribution in [3.63, 3.8) is 0 Å². The molecule has 0 N–H and O–H groups in total. The van der Waals surface area contributed by atoms with Gasteiger partial charge in [-0.1, -0.05) is 26.0 Å². The Kier molecular flexibility index (Phi) is 5.40. The van der Waals surface area contributed by atoms with Crippen molar-refractivity contribution < 1.29 is 9.53 Å². The monoisotopic (exact) mass is 263 g/mol. The molecule has 1 amide bonds. The highest BCUT2D eigenvalue weighted by atomic mass is 16.5. The smallest absolute Gasteiger partial charge is 0.257 e. The van der Waals surface area contributed by atoms with Gasteiger partial charge in [-0.05, 0) is 37.8 Å². The molecule has 0 spiro atoms. The highest BCUT2D eigenvalue weighted by molar-refractivity contribution is 5.99. The van der Waals surface area contributed by atoms with Crippen LogP contribution in [0.2, 0.25) is 0 Å². The van der Waals surface area contributed by atoms with Gasteiger partial charge in [0.25, 0.3) is 5.91 Å². The summed E-state index contributed by atoms with van der Waals surface area (Å²) in [7, 11) is 1.64. The lowest BCUT2D eigenvalue weighted by Crippen LogP contribution is -2.31. The van der Waals surface area contributed by atoms with Crippen molar-refractivity contribution in [3.8, 4) is 5.75 Å². The Morgan fingerprint density at radius 1 is 1.26 bits per heavy atom. The van der Waals surface area contributed by atoms with E-state index in [1.807, 2.05) is 31.7 Å². The number of nitrogens with zero attached hydrogens (tertiary/aromatic N) is 1. The van der Waals surface area contributed by atoms with E-state index in [0.717, 1.165) is 16.9 Å². The Balaban J connectivity index is 3.40. The zero-order valence-corrected chi connectivity index (χ0v) is 12.9. The lowest BCUT2D eigenvalue weighted by Gasteiger charge is -2.23. The Hall–Kier alpha value is -1.51. The quantitative estimate of drug-likeness (QED) is 0.812. The lowest BCUT2D eigenvalue weighted by molar-refractivity contribution is 0.0768. The molecule has 0 saturated heterocycles. The molecule has 0 bridgehead atoms. The highest BCUT2D eigenvalue weighted by Crippen LogP contribution is 2.33. The fourth-order valence-corrected chi connectivity index (χ4v) is 2.31. The highest BCUT2D eigenvalue weighted by Gasteiger charge is 2.23. The molecule has 1 aromatic rings. The predicted octanol–water partition coefficient (Wildman–Crippen LogP) is 3.61. The molecule has 3 heteroatoms. The van der Waals surface area contributed by atoms with Gasteiger partial charge in [0, 0.05) is 13.1 Å². The van der Waals surface area contributed by atoms with Gasteiger partial charge in [-0.2, -0.15) is 0 Å². The van der Waals surface area contributed by atoms with Crippen LogP contribution < -0.4 is 4.74 Å². The zero-order valence-electron chi connectivity index (χ0n) is 12.9. The fourth-order valence-electron chi connectivity index (χ4n) is 2.31. The summed E-state index contributed by atoms with van der Waals surface area (Å²) in [6.07, 6.45) is 0. The van der Waals surface area contributed by atoms with E-state index in [-0.39, 0.29) is 5.91 Å². The largest absolute Gasteiger partial charge is 0.496 e. The normalized spacial score (nSPS) is 10.7. The maximum atomic E-state index is 12.6. The number of hydrogen-bond acceptors (Lipinski definition) is 2. The Morgan fingerprint density at radius 3 is 2.26 bits per heavy atom. The predicted molar refractivity (Wildman–Crippen MR) is 79.1 cm³/mol. The number of carbonyl (C=O) groups is 1.